The molecule has 7 rings (SSSR count). The molecule has 5 aromatic heterocycles. The first kappa shape index (κ1) is 26.8. The molecule has 5 N–H and O–H groups in total. The number of nitrogens with one attached hydrogen (secondary N) is 1. The summed E-state index contributed by atoms with van der Waals surface area (Å²) in [5.41, 5.74) is 5.89. The Morgan fingerprint density at radius 2 is 1.81 bits per heavy atom. The first-order valence-corrected chi connectivity index (χ1v) is 14.0. The lowest BCUT2D eigenvalue weighted by Crippen LogP contribution is -2.54. The second kappa shape index (κ2) is 10.6. The number of hydrazine groups is 1. The van der Waals surface area contributed by atoms with Crippen LogP contribution >= 0.6 is 11.6 Å². The Kier molecular flexibility index (Phi) is 6.61. The Morgan fingerprint density at radius 3 is 2.63 bits per heavy atom. The lowest BCUT2D eigenvalue weighted by molar-refractivity contribution is 0.159. The SMILES string of the molecule is CN1CCN(C(=O)N(N)c2cncc(-c3cnc4n[nH]c(-c5nc6c(-c7cccc(Cl)c7)ccnc6n5N)c4c3)c2)CC1. The van der Waals surface area contributed by atoms with Gasteiger partial charge in [-0.15, -0.1) is 0 Å². The van der Waals surface area contributed by atoms with Gasteiger partial charge in [0.1, 0.15) is 11.2 Å². The zero-order valence-electron chi connectivity index (χ0n) is 23.1. The van der Waals surface area contributed by atoms with Gasteiger partial charge in [0.05, 0.1) is 17.3 Å². The summed E-state index contributed by atoms with van der Waals surface area (Å²) in [6.45, 7) is 2.82. The molecule has 0 unspecified atom stereocenters. The quantitative estimate of drug-likeness (QED) is 0.157. The van der Waals surface area contributed by atoms with Crippen molar-refractivity contribution in [2.45, 2.75) is 0 Å². The smallest absolute Gasteiger partial charge is 0.336 e. The fourth-order valence-corrected chi connectivity index (χ4v) is 5.45. The maximum absolute atomic E-state index is 13.1. The molecule has 1 aliphatic rings. The van der Waals surface area contributed by atoms with Crippen molar-refractivity contribution < 1.29 is 4.79 Å². The Hall–Kier alpha value is -5.11. The standard InChI is InChI=1S/C29H27ClN12O/c1-39-7-9-40(10-8-39)29(43)41(31)21-12-18(14-33-16-21)19-13-23-25(37-38-26(23)35-15-19)28-36-24-22(5-6-34-27(24)42(28)32)17-3-2-4-20(30)11-17/h2-6,11-16H,7-10,31-32H2,1H3,(H,35,37,38). The number of H-pyrrole nitrogens is 1. The van der Waals surface area contributed by atoms with Crippen molar-refractivity contribution in [3.05, 3.63) is 72.3 Å². The molecule has 0 radical (unpaired) electrons. The fourth-order valence-electron chi connectivity index (χ4n) is 5.26. The number of amides is 2. The monoisotopic (exact) mass is 594 g/mol. The van der Waals surface area contributed by atoms with Crippen LogP contribution in [0.2, 0.25) is 5.02 Å². The summed E-state index contributed by atoms with van der Waals surface area (Å²) in [4.78, 5) is 35.2. The van der Waals surface area contributed by atoms with Crippen LogP contribution in [0.1, 0.15) is 0 Å². The summed E-state index contributed by atoms with van der Waals surface area (Å²) in [6, 6.07) is 12.9. The number of anilines is 1. The number of rotatable bonds is 4. The average Bonchev–Trinajstić information content (AvgIpc) is 3.60. The van der Waals surface area contributed by atoms with E-state index in [4.69, 9.17) is 28.3 Å². The maximum Gasteiger partial charge on any atom is 0.339 e. The van der Waals surface area contributed by atoms with Crippen molar-refractivity contribution in [2.75, 3.05) is 44.1 Å². The molecule has 1 aliphatic heterocycles. The molecule has 6 aromatic rings. The Labute approximate surface area is 250 Å². The topological polar surface area (TPSA) is 164 Å². The third-order valence-corrected chi connectivity index (χ3v) is 7.90. The molecule has 6 heterocycles. The number of hydrogen-bond donors (Lipinski definition) is 3. The van der Waals surface area contributed by atoms with Crippen LogP contribution in [-0.4, -0.2) is 83.9 Å². The van der Waals surface area contributed by atoms with Crippen LogP contribution in [0.5, 0.6) is 0 Å². The van der Waals surface area contributed by atoms with E-state index in [-0.39, 0.29) is 6.03 Å². The number of pyridine rings is 3. The summed E-state index contributed by atoms with van der Waals surface area (Å²) in [5, 5.41) is 9.88. The highest BCUT2D eigenvalue weighted by Gasteiger charge is 2.24. The summed E-state index contributed by atoms with van der Waals surface area (Å²) >= 11 is 6.26. The summed E-state index contributed by atoms with van der Waals surface area (Å²) < 4.78 is 1.43. The molecule has 0 saturated carbocycles. The van der Waals surface area contributed by atoms with Crippen molar-refractivity contribution in [3.63, 3.8) is 0 Å². The highest BCUT2D eigenvalue weighted by molar-refractivity contribution is 6.30. The molecule has 2 amide bonds. The van der Waals surface area contributed by atoms with Crippen LogP contribution < -0.4 is 16.7 Å². The molecule has 1 aromatic carbocycles. The number of piperazine rings is 1. The van der Waals surface area contributed by atoms with Crippen LogP contribution in [-0.2, 0) is 0 Å². The number of imidazole rings is 1. The van der Waals surface area contributed by atoms with Gasteiger partial charge in [-0.2, -0.15) is 5.10 Å². The molecule has 1 fully saturated rings. The fraction of sp³-hybridized carbons (Fsp3) is 0.172. The zero-order chi connectivity index (χ0) is 29.7. The van der Waals surface area contributed by atoms with Gasteiger partial charge < -0.3 is 15.6 Å². The minimum atomic E-state index is -0.273. The predicted molar refractivity (Wildman–Crippen MR) is 165 cm³/mol. The number of likely N-dealkylation sites (N-methyl/N-ethyl adjacent to an activating group) is 1. The van der Waals surface area contributed by atoms with Crippen molar-refractivity contribution >= 4 is 45.5 Å². The average molecular weight is 595 g/mol. The van der Waals surface area contributed by atoms with E-state index in [0.29, 0.717) is 57.5 Å². The van der Waals surface area contributed by atoms with Gasteiger partial charge in [0.2, 0.25) is 0 Å². The number of nitrogen functional groups attached to an aromatic ring is 1. The molecular formula is C29H27ClN12O. The van der Waals surface area contributed by atoms with Crippen molar-refractivity contribution in [1.82, 2.24) is 44.6 Å². The normalized spacial score (nSPS) is 14.1. The second-order valence-electron chi connectivity index (χ2n) is 10.4. The number of benzene rings is 1. The Bertz CT molecular complexity index is 1990. The number of aromatic nitrogens is 7. The van der Waals surface area contributed by atoms with Crippen LogP contribution in [0.25, 0.3) is 56.0 Å². The van der Waals surface area contributed by atoms with Crippen LogP contribution in [0.4, 0.5) is 10.5 Å². The lowest BCUT2D eigenvalue weighted by atomic mass is 10.1. The molecule has 1 saturated heterocycles. The van der Waals surface area contributed by atoms with Gasteiger partial charge in [0.15, 0.2) is 17.1 Å². The van der Waals surface area contributed by atoms with E-state index < -0.39 is 0 Å². The van der Waals surface area contributed by atoms with Gasteiger partial charge in [-0.3, -0.25) is 10.1 Å². The Balaban J connectivity index is 1.25. The summed E-state index contributed by atoms with van der Waals surface area (Å²) in [7, 11) is 2.03. The number of nitrogens with zero attached hydrogens (tertiary/aromatic N) is 9. The minimum Gasteiger partial charge on any atom is -0.336 e. The van der Waals surface area contributed by atoms with E-state index in [1.165, 1.54) is 4.68 Å². The molecule has 14 heteroatoms. The first-order valence-electron chi connectivity index (χ1n) is 13.6. The van der Waals surface area contributed by atoms with E-state index >= 15 is 0 Å². The van der Waals surface area contributed by atoms with E-state index in [1.54, 1.807) is 29.7 Å². The van der Waals surface area contributed by atoms with Gasteiger partial charge in [0.25, 0.3) is 0 Å². The van der Waals surface area contributed by atoms with Gasteiger partial charge in [-0.1, -0.05) is 23.7 Å². The van der Waals surface area contributed by atoms with Gasteiger partial charge >= 0.3 is 6.03 Å². The van der Waals surface area contributed by atoms with E-state index in [9.17, 15) is 4.79 Å². The largest absolute Gasteiger partial charge is 0.339 e. The summed E-state index contributed by atoms with van der Waals surface area (Å²) in [5.74, 6) is 13.2. The number of carbonyl (C=O) groups excluding carboxylic acids is 1. The number of aromatic amines is 1. The maximum atomic E-state index is 13.1. The summed E-state index contributed by atoms with van der Waals surface area (Å²) in [6.07, 6.45) is 6.64. The predicted octanol–water partition coefficient (Wildman–Crippen LogP) is 3.51. The van der Waals surface area contributed by atoms with Gasteiger partial charge in [0, 0.05) is 66.5 Å². The molecule has 0 atom stereocenters. The van der Waals surface area contributed by atoms with Crippen molar-refractivity contribution in [2.24, 2.45) is 5.84 Å². The van der Waals surface area contributed by atoms with Crippen LogP contribution in [0.15, 0.2) is 67.3 Å². The highest BCUT2D eigenvalue weighted by atomic mass is 35.5. The number of urea groups is 1. The van der Waals surface area contributed by atoms with E-state index in [0.717, 1.165) is 40.4 Å². The van der Waals surface area contributed by atoms with Gasteiger partial charge in [-0.05, 0) is 42.9 Å². The second-order valence-corrected chi connectivity index (χ2v) is 10.9. The molecular weight excluding hydrogens is 568 g/mol. The third-order valence-electron chi connectivity index (χ3n) is 7.66. The molecule has 0 spiro atoms. The van der Waals surface area contributed by atoms with Gasteiger partial charge in [-0.25, -0.2) is 35.3 Å². The number of halogens is 1. The molecule has 13 nitrogen and oxygen atoms in total. The van der Waals surface area contributed by atoms with E-state index in [1.807, 2.05) is 49.5 Å². The van der Waals surface area contributed by atoms with E-state index in [2.05, 4.69) is 30.0 Å². The lowest BCUT2D eigenvalue weighted by Gasteiger charge is -2.34. The number of fused-ring (bicyclic) bond motifs is 2. The van der Waals surface area contributed by atoms with Crippen molar-refractivity contribution in [1.29, 1.82) is 0 Å². The highest BCUT2D eigenvalue weighted by Crippen LogP contribution is 2.34. The zero-order valence-corrected chi connectivity index (χ0v) is 23.9. The third kappa shape index (κ3) is 4.78. The number of nitrogens with two attached hydrogens (primary N) is 2. The Morgan fingerprint density at radius 1 is 1.00 bits per heavy atom. The molecule has 216 valence electrons. The first-order chi connectivity index (χ1) is 20.9. The molecule has 43 heavy (non-hydrogen) atoms. The number of carbonyl (C=O) groups is 1. The van der Waals surface area contributed by atoms with Crippen LogP contribution in [0, 0.1) is 0 Å². The number of hydrogen-bond acceptors (Lipinski definition) is 9. The van der Waals surface area contributed by atoms with Crippen molar-refractivity contribution in [3.8, 4) is 33.8 Å². The molecule has 0 bridgehead atoms. The molecule has 0 aliphatic carbocycles. The van der Waals surface area contributed by atoms with Crippen LogP contribution in [0.3, 0.4) is 0 Å². The minimum absolute atomic E-state index is 0.273.